The van der Waals surface area contributed by atoms with E-state index in [0.717, 1.165) is 18.9 Å². The lowest BCUT2D eigenvalue weighted by atomic mass is 10.00. The van der Waals surface area contributed by atoms with Gasteiger partial charge in [-0.2, -0.15) is 0 Å². The van der Waals surface area contributed by atoms with E-state index in [0.29, 0.717) is 0 Å². The van der Waals surface area contributed by atoms with Crippen LogP contribution in [0, 0.1) is 0 Å². The molecule has 1 aliphatic heterocycles. The van der Waals surface area contributed by atoms with E-state index in [1.54, 1.807) is 0 Å². The number of benzene rings is 1. The van der Waals surface area contributed by atoms with E-state index >= 15 is 0 Å². The molecule has 1 fully saturated rings. The maximum Gasteiger partial charge on any atom is 0.0552 e. The van der Waals surface area contributed by atoms with Crippen molar-refractivity contribution in [2.75, 3.05) is 11.4 Å². The van der Waals surface area contributed by atoms with Crippen molar-refractivity contribution < 1.29 is 5.11 Å². The van der Waals surface area contributed by atoms with Gasteiger partial charge in [-0.05, 0) is 49.8 Å². The van der Waals surface area contributed by atoms with E-state index in [-0.39, 0.29) is 6.10 Å². The van der Waals surface area contributed by atoms with Crippen molar-refractivity contribution in [1.82, 2.24) is 0 Å². The molecule has 2 aliphatic rings. The molecule has 1 N–H and O–H groups in total. The summed E-state index contributed by atoms with van der Waals surface area (Å²) in [4.78, 5) is 2.62. The third-order valence-electron chi connectivity index (χ3n) is 4.44. The highest BCUT2D eigenvalue weighted by molar-refractivity contribution is 5.61. The van der Waals surface area contributed by atoms with Crippen LogP contribution in [-0.2, 0) is 12.8 Å². The molecule has 0 radical (unpaired) electrons. The van der Waals surface area contributed by atoms with Gasteiger partial charge in [-0.15, -0.1) is 0 Å². The highest BCUT2D eigenvalue weighted by Crippen LogP contribution is 2.36. The van der Waals surface area contributed by atoms with E-state index in [2.05, 4.69) is 23.1 Å². The molecule has 1 unspecified atom stereocenters. The standard InChI is InChI=1S/C16H23NO/c1-12(18)11-13-5-4-8-16-15(13)9-10-17(16)14-6-2-3-7-14/h4-5,8,12,14,18H,2-3,6-7,9-11H2,1H3. The summed E-state index contributed by atoms with van der Waals surface area (Å²) < 4.78 is 0. The molecule has 0 saturated heterocycles. The van der Waals surface area contributed by atoms with Crippen molar-refractivity contribution in [1.29, 1.82) is 0 Å². The second kappa shape index (κ2) is 4.93. The van der Waals surface area contributed by atoms with Crippen molar-refractivity contribution in [2.24, 2.45) is 0 Å². The molecular formula is C16H23NO. The van der Waals surface area contributed by atoms with Gasteiger partial charge in [0.2, 0.25) is 0 Å². The molecule has 1 saturated carbocycles. The van der Waals surface area contributed by atoms with Gasteiger partial charge in [0.25, 0.3) is 0 Å². The Bertz CT molecular complexity index is 421. The monoisotopic (exact) mass is 245 g/mol. The molecule has 0 amide bonds. The van der Waals surface area contributed by atoms with Gasteiger partial charge in [-0.25, -0.2) is 0 Å². The zero-order valence-electron chi connectivity index (χ0n) is 11.2. The summed E-state index contributed by atoms with van der Waals surface area (Å²) in [5, 5.41) is 9.60. The molecule has 2 nitrogen and oxygen atoms in total. The maximum absolute atomic E-state index is 9.60. The van der Waals surface area contributed by atoms with E-state index in [9.17, 15) is 5.11 Å². The molecule has 98 valence electrons. The van der Waals surface area contributed by atoms with E-state index in [1.165, 1.54) is 49.0 Å². The van der Waals surface area contributed by atoms with Crippen molar-refractivity contribution in [3.63, 3.8) is 0 Å². The van der Waals surface area contributed by atoms with Gasteiger partial charge >= 0.3 is 0 Å². The van der Waals surface area contributed by atoms with Crippen LogP contribution in [0.2, 0.25) is 0 Å². The normalized spacial score (nSPS) is 21.3. The molecule has 0 spiro atoms. The summed E-state index contributed by atoms with van der Waals surface area (Å²) in [6.07, 6.45) is 7.22. The van der Waals surface area contributed by atoms with Crippen LogP contribution in [0.4, 0.5) is 5.69 Å². The first-order valence-electron chi connectivity index (χ1n) is 7.31. The van der Waals surface area contributed by atoms with E-state index in [4.69, 9.17) is 0 Å². The van der Waals surface area contributed by atoms with Gasteiger partial charge in [0.15, 0.2) is 0 Å². The molecule has 3 rings (SSSR count). The van der Waals surface area contributed by atoms with Crippen LogP contribution >= 0.6 is 0 Å². The Morgan fingerprint density at radius 3 is 2.83 bits per heavy atom. The SMILES string of the molecule is CC(O)Cc1cccc2c1CCN2C1CCCC1. The summed E-state index contributed by atoms with van der Waals surface area (Å²) in [5.41, 5.74) is 4.29. The summed E-state index contributed by atoms with van der Waals surface area (Å²) in [6.45, 7) is 3.06. The average Bonchev–Trinajstić information content (AvgIpc) is 2.96. The first kappa shape index (κ1) is 12.0. The van der Waals surface area contributed by atoms with E-state index in [1.807, 2.05) is 6.92 Å². The number of rotatable bonds is 3. The number of hydrogen-bond donors (Lipinski definition) is 1. The van der Waals surface area contributed by atoms with Gasteiger partial charge in [0, 0.05) is 18.3 Å². The van der Waals surface area contributed by atoms with Gasteiger partial charge in [-0.1, -0.05) is 25.0 Å². The largest absolute Gasteiger partial charge is 0.393 e. The third kappa shape index (κ3) is 2.14. The van der Waals surface area contributed by atoms with Crippen molar-refractivity contribution in [2.45, 2.75) is 57.6 Å². The lowest BCUT2D eigenvalue weighted by Gasteiger charge is -2.27. The Kier molecular flexibility index (Phi) is 3.29. The summed E-state index contributed by atoms with van der Waals surface area (Å²) in [7, 11) is 0. The average molecular weight is 245 g/mol. The topological polar surface area (TPSA) is 23.5 Å². The third-order valence-corrected chi connectivity index (χ3v) is 4.44. The maximum atomic E-state index is 9.60. The first-order valence-corrected chi connectivity index (χ1v) is 7.31. The number of anilines is 1. The molecule has 1 aromatic rings. The Labute approximate surface area is 110 Å². The molecular weight excluding hydrogens is 222 g/mol. The van der Waals surface area contributed by atoms with Gasteiger partial charge < -0.3 is 10.0 Å². The minimum absolute atomic E-state index is 0.239. The van der Waals surface area contributed by atoms with Gasteiger partial charge in [0.05, 0.1) is 6.10 Å². The Hall–Kier alpha value is -1.02. The van der Waals surface area contributed by atoms with Crippen molar-refractivity contribution >= 4 is 5.69 Å². The lowest BCUT2D eigenvalue weighted by Crippen LogP contribution is -2.31. The van der Waals surface area contributed by atoms with Gasteiger partial charge in [-0.3, -0.25) is 0 Å². The fourth-order valence-corrected chi connectivity index (χ4v) is 3.64. The number of aliphatic hydroxyl groups is 1. The highest BCUT2D eigenvalue weighted by Gasteiger charge is 2.29. The molecule has 1 heterocycles. The zero-order valence-corrected chi connectivity index (χ0v) is 11.2. The number of fused-ring (bicyclic) bond motifs is 1. The number of aliphatic hydroxyl groups excluding tert-OH is 1. The summed E-state index contributed by atoms with van der Waals surface area (Å²) in [6, 6.07) is 7.38. The smallest absolute Gasteiger partial charge is 0.0552 e. The quantitative estimate of drug-likeness (QED) is 0.885. The first-order chi connectivity index (χ1) is 8.75. The van der Waals surface area contributed by atoms with Crippen LogP contribution in [0.5, 0.6) is 0 Å². The molecule has 1 aromatic carbocycles. The number of hydrogen-bond acceptors (Lipinski definition) is 2. The van der Waals surface area contributed by atoms with Crippen LogP contribution in [0.1, 0.15) is 43.7 Å². The van der Waals surface area contributed by atoms with Crippen molar-refractivity contribution in [3.05, 3.63) is 29.3 Å². The second-order valence-electron chi connectivity index (χ2n) is 5.85. The summed E-state index contributed by atoms with van der Waals surface area (Å²) >= 11 is 0. The molecule has 0 aromatic heterocycles. The summed E-state index contributed by atoms with van der Waals surface area (Å²) in [5.74, 6) is 0. The van der Waals surface area contributed by atoms with Crippen LogP contribution in [-0.4, -0.2) is 23.8 Å². The molecule has 1 aliphatic carbocycles. The minimum Gasteiger partial charge on any atom is -0.393 e. The Morgan fingerprint density at radius 2 is 2.11 bits per heavy atom. The molecule has 18 heavy (non-hydrogen) atoms. The molecule has 1 atom stereocenters. The Morgan fingerprint density at radius 1 is 1.33 bits per heavy atom. The zero-order chi connectivity index (χ0) is 12.5. The highest BCUT2D eigenvalue weighted by atomic mass is 16.3. The van der Waals surface area contributed by atoms with E-state index < -0.39 is 0 Å². The van der Waals surface area contributed by atoms with Crippen molar-refractivity contribution in [3.8, 4) is 0 Å². The predicted molar refractivity (Wildman–Crippen MR) is 75.1 cm³/mol. The van der Waals surface area contributed by atoms with Crippen LogP contribution in [0.3, 0.4) is 0 Å². The fraction of sp³-hybridized carbons (Fsp3) is 0.625. The minimum atomic E-state index is -0.239. The van der Waals surface area contributed by atoms with Crippen LogP contribution in [0.25, 0.3) is 0 Å². The second-order valence-corrected chi connectivity index (χ2v) is 5.85. The number of nitrogens with zero attached hydrogens (tertiary/aromatic N) is 1. The van der Waals surface area contributed by atoms with Crippen LogP contribution in [0.15, 0.2) is 18.2 Å². The van der Waals surface area contributed by atoms with Crippen LogP contribution < -0.4 is 4.90 Å². The predicted octanol–water partition coefficient (Wildman–Crippen LogP) is 2.92. The Balaban J connectivity index is 1.87. The van der Waals surface area contributed by atoms with Gasteiger partial charge in [0.1, 0.15) is 0 Å². The molecule has 2 heteroatoms. The molecule has 0 bridgehead atoms. The lowest BCUT2D eigenvalue weighted by molar-refractivity contribution is 0.195. The fourth-order valence-electron chi connectivity index (χ4n) is 3.64.